The highest BCUT2D eigenvalue weighted by molar-refractivity contribution is 5.87. The minimum Gasteiger partial charge on any atom is -0.507 e. The smallest absolute Gasteiger partial charge is 0.331 e. The number of rotatable bonds is 5. The summed E-state index contributed by atoms with van der Waals surface area (Å²) < 4.78 is 10.6. The fourth-order valence-corrected chi connectivity index (χ4v) is 3.00. The van der Waals surface area contributed by atoms with Crippen LogP contribution in [0.3, 0.4) is 0 Å². The summed E-state index contributed by atoms with van der Waals surface area (Å²) in [7, 11) is 1.61. The van der Waals surface area contributed by atoms with Gasteiger partial charge in [0.15, 0.2) is 0 Å². The first kappa shape index (κ1) is 22.5. The van der Waals surface area contributed by atoms with E-state index in [0.717, 1.165) is 28.0 Å². The lowest BCUT2D eigenvalue weighted by Gasteiger charge is -2.28. The molecule has 0 aliphatic rings. The van der Waals surface area contributed by atoms with Gasteiger partial charge in [-0.25, -0.2) is 4.79 Å². The topological polar surface area (TPSA) is 55.8 Å². The highest BCUT2D eigenvalue weighted by Crippen LogP contribution is 2.39. The average molecular weight is 397 g/mol. The Morgan fingerprint density at radius 2 is 1.48 bits per heavy atom. The molecule has 0 fully saturated rings. The monoisotopic (exact) mass is 396 g/mol. The number of ether oxygens (including phenoxy) is 2. The average Bonchev–Trinajstić information content (AvgIpc) is 2.64. The normalized spacial score (nSPS) is 12.2. The molecule has 0 amide bonds. The number of carbonyl (C=O) groups excluding carboxylic acids is 1. The molecule has 0 aliphatic carbocycles. The number of phenols is 1. The van der Waals surface area contributed by atoms with Gasteiger partial charge in [0.2, 0.25) is 0 Å². The number of phenolic OH excluding ortho intramolecular Hbond substituents is 1. The molecule has 4 nitrogen and oxygen atoms in total. The molecule has 0 heterocycles. The number of methoxy groups -OCH3 is 1. The summed E-state index contributed by atoms with van der Waals surface area (Å²) in [6.45, 7) is 12.5. The maximum atomic E-state index is 12.2. The molecule has 0 aliphatic heterocycles. The van der Waals surface area contributed by atoms with Crippen molar-refractivity contribution in [3.8, 4) is 11.5 Å². The number of hydrogen-bond donors (Lipinski definition) is 1. The number of hydrogen-bond acceptors (Lipinski definition) is 4. The highest BCUT2D eigenvalue weighted by Gasteiger charge is 2.26. The minimum atomic E-state index is -0.413. The second kappa shape index (κ2) is 8.73. The van der Waals surface area contributed by atoms with Crippen LogP contribution in [0.5, 0.6) is 11.5 Å². The van der Waals surface area contributed by atoms with Crippen molar-refractivity contribution in [3.05, 3.63) is 64.7 Å². The van der Waals surface area contributed by atoms with E-state index in [-0.39, 0.29) is 17.4 Å². The van der Waals surface area contributed by atoms with Crippen LogP contribution in [-0.4, -0.2) is 18.2 Å². The molecule has 0 aromatic heterocycles. The van der Waals surface area contributed by atoms with Crippen LogP contribution in [0.4, 0.5) is 0 Å². The van der Waals surface area contributed by atoms with Gasteiger partial charge < -0.3 is 14.6 Å². The third kappa shape index (κ3) is 6.11. The van der Waals surface area contributed by atoms with Gasteiger partial charge in [0.25, 0.3) is 0 Å². The van der Waals surface area contributed by atoms with Gasteiger partial charge in [0.05, 0.1) is 7.11 Å². The van der Waals surface area contributed by atoms with Crippen LogP contribution >= 0.6 is 0 Å². The lowest BCUT2D eigenvalue weighted by Crippen LogP contribution is -2.18. The predicted molar refractivity (Wildman–Crippen MR) is 117 cm³/mol. The van der Waals surface area contributed by atoms with E-state index >= 15 is 0 Å². The maximum absolute atomic E-state index is 12.2. The zero-order valence-corrected chi connectivity index (χ0v) is 18.5. The number of esters is 1. The second-order valence-electron chi connectivity index (χ2n) is 9.25. The Morgan fingerprint density at radius 1 is 0.966 bits per heavy atom. The van der Waals surface area contributed by atoms with Crippen LogP contribution in [0.2, 0.25) is 0 Å². The van der Waals surface area contributed by atoms with E-state index in [4.69, 9.17) is 9.47 Å². The first-order chi connectivity index (χ1) is 13.4. The molecule has 2 aromatic rings. The third-order valence-corrected chi connectivity index (χ3v) is 4.69. The van der Waals surface area contributed by atoms with Crippen molar-refractivity contribution >= 4 is 12.0 Å². The van der Waals surface area contributed by atoms with E-state index < -0.39 is 5.97 Å². The molecule has 0 saturated heterocycles. The fraction of sp³-hybridized carbons (Fsp3) is 0.400. The van der Waals surface area contributed by atoms with Gasteiger partial charge in [-0.1, -0.05) is 53.7 Å². The van der Waals surface area contributed by atoms with Gasteiger partial charge in [0.1, 0.15) is 18.1 Å². The Bertz CT molecular complexity index is 844. The van der Waals surface area contributed by atoms with Gasteiger partial charge in [-0.05, 0) is 63.4 Å². The Morgan fingerprint density at radius 3 is 1.93 bits per heavy atom. The van der Waals surface area contributed by atoms with Gasteiger partial charge in [-0.2, -0.15) is 0 Å². The molecule has 156 valence electrons. The lowest BCUT2D eigenvalue weighted by molar-refractivity contribution is -0.138. The molecule has 0 bridgehead atoms. The van der Waals surface area contributed by atoms with Crippen molar-refractivity contribution in [2.24, 2.45) is 0 Å². The van der Waals surface area contributed by atoms with Gasteiger partial charge >= 0.3 is 5.97 Å². The highest BCUT2D eigenvalue weighted by atomic mass is 16.5. The van der Waals surface area contributed by atoms with Gasteiger partial charge in [-0.3, -0.25) is 0 Å². The molecule has 2 aromatic carbocycles. The molecule has 1 N–H and O–H groups in total. The molecule has 29 heavy (non-hydrogen) atoms. The quantitative estimate of drug-likeness (QED) is 0.516. The van der Waals surface area contributed by atoms with E-state index in [0.29, 0.717) is 5.75 Å². The molecule has 4 heteroatoms. The zero-order valence-electron chi connectivity index (χ0n) is 18.5. The first-order valence-electron chi connectivity index (χ1n) is 9.77. The maximum Gasteiger partial charge on any atom is 0.331 e. The number of benzene rings is 2. The van der Waals surface area contributed by atoms with E-state index in [1.807, 2.05) is 36.4 Å². The summed E-state index contributed by atoms with van der Waals surface area (Å²) in [6.07, 6.45) is 3.12. The van der Waals surface area contributed by atoms with Crippen molar-refractivity contribution in [2.75, 3.05) is 7.11 Å². The Hall–Kier alpha value is -2.75. The number of carbonyl (C=O) groups is 1. The molecular formula is C25H32O4. The molecule has 2 rings (SSSR count). The molecule has 0 unspecified atom stereocenters. The first-order valence-corrected chi connectivity index (χ1v) is 9.77. The van der Waals surface area contributed by atoms with Crippen LogP contribution in [0.25, 0.3) is 6.08 Å². The summed E-state index contributed by atoms with van der Waals surface area (Å²) in [5.74, 6) is 0.671. The standard InChI is InChI=1S/C25H32O4/c1-24(2,3)20-14-18(15-21(23(20)27)25(4,5)6)16-29-22(26)13-10-17-8-11-19(28-7)12-9-17/h8-15,27H,16H2,1-7H3/b13-10+. The Balaban J connectivity index is 2.16. The summed E-state index contributed by atoms with van der Waals surface area (Å²) in [5.41, 5.74) is 3.01. The summed E-state index contributed by atoms with van der Waals surface area (Å²) in [5, 5.41) is 10.8. The molecule has 0 spiro atoms. The third-order valence-electron chi connectivity index (χ3n) is 4.69. The van der Waals surface area contributed by atoms with Crippen LogP contribution in [-0.2, 0) is 27.0 Å². The molecular weight excluding hydrogens is 364 g/mol. The van der Waals surface area contributed by atoms with Gasteiger partial charge in [-0.15, -0.1) is 0 Å². The summed E-state index contributed by atoms with van der Waals surface area (Å²) in [6, 6.07) is 11.3. The Labute approximate surface area is 174 Å². The lowest BCUT2D eigenvalue weighted by atomic mass is 9.78. The van der Waals surface area contributed by atoms with Gasteiger partial charge in [0, 0.05) is 6.08 Å². The van der Waals surface area contributed by atoms with E-state index in [9.17, 15) is 9.90 Å². The second-order valence-corrected chi connectivity index (χ2v) is 9.25. The van der Waals surface area contributed by atoms with Crippen molar-refractivity contribution in [1.29, 1.82) is 0 Å². The number of aromatic hydroxyl groups is 1. The molecule has 0 atom stereocenters. The predicted octanol–water partition coefficient (Wildman–Crippen LogP) is 5.75. The minimum absolute atomic E-state index is 0.151. The zero-order chi connectivity index (χ0) is 21.8. The van der Waals surface area contributed by atoms with Crippen LogP contribution < -0.4 is 4.74 Å². The van der Waals surface area contributed by atoms with Crippen molar-refractivity contribution in [3.63, 3.8) is 0 Å². The van der Waals surface area contributed by atoms with Crippen LogP contribution in [0, 0.1) is 0 Å². The molecule has 0 radical (unpaired) electrons. The molecule has 0 saturated carbocycles. The van der Waals surface area contributed by atoms with E-state index in [2.05, 4.69) is 41.5 Å². The van der Waals surface area contributed by atoms with E-state index in [1.54, 1.807) is 13.2 Å². The Kier molecular flexibility index (Phi) is 6.78. The van der Waals surface area contributed by atoms with Crippen molar-refractivity contribution in [1.82, 2.24) is 0 Å². The fourth-order valence-electron chi connectivity index (χ4n) is 3.00. The SMILES string of the molecule is COc1ccc(/C=C/C(=O)OCc2cc(C(C)(C)C)c(O)c(C(C)(C)C)c2)cc1. The van der Waals surface area contributed by atoms with E-state index in [1.165, 1.54) is 6.08 Å². The largest absolute Gasteiger partial charge is 0.507 e. The summed E-state index contributed by atoms with van der Waals surface area (Å²) >= 11 is 0. The van der Waals surface area contributed by atoms with Crippen molar-refractivity contribution < 1.29 is 19.4 Å². The van der Waals surface area contributed by atoms with Crippen molar-refractivity contribution in [2.45, 2.75) is 59.0 Å². The van der Waals surface area contributed by atoms with Crippen LogP contribution in [0.15, 0.2) is 42.5 Å². The van der Waals surface area contributed by atoms with Crippen LogP contribution in [0.1, 0.15) is 63.8 Å². The summed E-state index contributed by atoms with van der Waals surface area (Å²) in [4.78, 5) is 12.2.